The van der Waals surface area contributed by atoms with Gasteiger partial charge in [-0.05, 0) is 55.5 Å². The van der Waals surface area contributed by atoms with E-state index in [4.69, 9.17) is 11.6 Å². The molecule has 4 rings (SSSR count). The van der Waals surface area contributed by atoms with E-state index in [-0.39, 0.29) is 16.9 Å². The van der Waals surface area contributed by atoms with Crippen molar-refractivity contribution in [1.82, 2.24) is 19.5 Å². The molecular formula is C16H16ClN5O2S. The minimum absolute atomic E-state index is 0.0124. The average Bonchev–Trinajstić information content (AvgIpc) is 3.35. The summed E-state index contributed by atoms with van der Waals surface area (Å²) in [5.41, 5.74) is 1.76. The molecule has 1 aliphatic rings. The lowest BCUT2D eigenvalue weighted by atomic mass is 10.3. The fourth-order valence-electron chi connectivity index (χ4n) is 2.74. The van der Waals surface area contributed by atoms with Crippen molar-refractivity contribution < 1.29 is 8.42 Å². The van der Waals surface area contributed by atoms with Gasteiger partial charge in [-0.3, -0.25) is 9.29 Å². The van der Waals surface area contributed by atoms with Crippen LogP contribution in [0, 0.1) is 0 Å². The Labute approximate surface area is 150 Å². The summed E-state index contributed by atoms with van der Waals surface area (Å²) in [5, 5.41) is 1.05. The van der Waals surface area contributed by atoms with E-state index in [0.717, 1.165) is 23.9 Å². The van der Waals surface area contributed by atoms with E-state index in [1.54, 1.807) is 25.3 Å². The minimum Gasteiger partial charge on any atom is -0.282 e. The third-order valence-corrected chi connectivity index (χ3v) is 5.60. The highest BCUT2D eigenvalue weighted by molar-refractivity contribution is 7.92. The van der Waals surface area contributed by atoms with Gasteiger partial charge in [0.15, 0.2) is 5.65 Å². The number of rotatable bonds is 5. The van der Waals surface area contributed by atoms with Crippen LogP contribution in [0.25, 0.3) is 16.9 Å². The van der Waals surface area contributed by atoms with Crippen LogP contribution in [0.3, 0.4) is 0 Å². The van der Waals surface area contributed by atoms with Crippen LogP contribution in [0.4, 0.5) is 5.82 Å². The first kappa shape index (κ1) is 16.3. The molecular weight excluding hydrogens is 362 g/mol. The van der Waals surface area contributed by atoms with Gasteiger partial charge in [0.05, 0.1) is 5.75 Å². The summed E-state index contributed by atoms with van der Waals surface area (Å²) >= 11 is 5.97. The third kappa shape index (κ3) is 3.19. The third-order valence-electron chi connectivity index (χ3n) is 4.14. The Hall–Kier alpha value is -2.19. The Bertz CT molecular complexity index is 1060. The first-order valence-electron chi connectivity index (χ1n) is 7.98. The topological polar surface area (TPSA) is 89.8 Å². The van der Waals surface area contributed by atoms with Crippen LogP contribution in [-0.2, 0) is 10.0 Å². The van der Waals surface area contributed by atoms with Crippen molar-refractivity contribution in [3.8, 4) is 5.82 Å². The van der Waals surface area contributed by atoms with Gasteiger partial charge in [0, 0.05) is 17.3 Å². The molecule has 0 amide bonds. The van der Waals surface area contributed by atoms with E-state index in [9.17, 15) is 8.42 Å². The van der Waals surface area contributed by atoms with Gasteiger partial charge in [0.2, 0.25) is 15.3 Å². The van der Waals surface area contributed by atoms with Crippen molar-refractivity contribution in [3.63, 3.8) is 0 Å². The van der Waals surface area contributed by atoms with Gasteiger partial charge in [0.1, 0.15) is 11.6 Å². The summed E-state index contributed by atoms with van der Waals surface area (Å²) in [5.74, 6) is 1.32. The van der Waals surface area contributed by atoms with Crippen molar-refractivity contribution in [1.29, 1.82) is 0 Å². The van der Waals surface area contributed by atoms with E-state index < -0.39 is 10.0 Å². The number of halogens is 1. The zero-order chi connectivity index (χ0) is 17.6. The fraction of sp³-hybridized carbons (Fsp3) is 0.312. The molecule has 7 nitrogen and oxygen atoms in total. The van der Waals surface area contributed by atoms with Crippen LogP contribution >= 0.6 is 11.6 Å². The summed E-state index contributed by atoms with van der Waals surface area (Å²) in [6, 6.07) is 7.27. The molecule has 130 valence electrons. The van der Waals surface area contributed by atoms with E-state index in [1.165, 1.54) is 0 Å². The highest BCUT2D eigenvalue weighted by atomic mass is 35.5. The van der Waals surface area contributed by atoms with Crippen LogP contribution in [0.2, 0.25) is 5.28 Å². The normalized spacial score (nSPS) is 14.8. The first-order chi connectivity index (χ1) is 12.0. The Kier molecular flexibility index (Phi) is 3.88. The Morgan fingerprint density at radius 3 is 2.84 bits per heavy atom. The van der Waals surface area contributed by atoms with Gasteiger partial charge in [-0.1, -0.05) is 6.07 Å². The number of sulfonamides is 1. The molecule has 0 unspecified atom stereocenters. The maximum atomic E-state index is 11.8. The molecule has 25 heavy (non-hydrogen) atoms. The van der Waals surface area contributed by atoms with E-state index >= 15 is 0 Å². The van der Waals surface area contributed by atoms with Crippen LogP contribution in [0.5, 0.6) is 0 Å². The monoisotopic (exact) mass is 377 g/mol. The molecule has 0 aliphatic heterocycles. The molecule has 0 atom stereocenters. The van der Waals surface area contributed by atoms with Crippen LogP contribution in [0.1, 0.15) is 31.4 Å². The van der Waals surface area contributed by atoms with Crippen molar-refractivity contribution in [2.45, 2.75) is 25.7 Å². The fourth-order valence-corrected chi connectivity index (χ4v) is 3.45. The number of nitrogens with one attached hydrogen (secondary N) is 1. The average molecular weight is 378 g/mol. The molecule has 0 radical (unpaired) electrons. The molecule has 1 saturated carbocycles. The molecule has 9 heteroatoms. The van der Waals surface area contributed by atoms with Gasteiger partial charge in [-0.15, -0.1) is 0 Å². The summed E-state index contributed by atoms with van der Waals surface area (Å²) in [7, 11) is -3.39. The molecule has 3 aromatic rings. The van der Waals surface area contributed by atoms with Crippen molar-refractivity contribution in [2.24, 2.45) is 0 Å². The zero-order valence-corrected chi connectivity index (χ0v) is 15.0. The van der Waals surface area contributed by atoms with Crippen LogP contribution < -0.4 is 4.72 Å². The summed E-state index contributed by atoms with van der Waals surface area (Å²) in [6.07, 6.45) is 3.91. The lowest BCUT2D eigenvalue weighted by Crippen LogP contribution is -2.16. The summed E-state index contributed by atoms with van der Waals surface area (Å²) in [4.78, 5) is 12.9. The zero-order valence-electron chi connectivity index (χ0n) is 13.5. The van der Waals surface area contributed by atoms with Gasteiger partial charge >= 0.3 is 0 Å². The lowest BCUT2D eigenvalue weighted by molar-refractivity contribution is 0.602. The van der Waals surface area contributed by atoms with E-state index in [2.05, 4.69) is 19.7 Å². The number of anilines is 1. The van der Waals surface area contributed by atoms with Crippen molar-refractivity contribution >= 4 is 38.5 Å². The smallest absolute Gasteiger partial charge is 0.233 e. The molecule has 1 N–H and O–H groups in total. The molecule has 0 saturated heterocycles. The molecule has 0 spiro atoms. The number of nitrogens with zero attached hydrogens (tertiary/aromatic N) is 4. The van der Waals surface area contributed by atoms with Gasteiger partial charge < -0.3 is 0 Å². The summed E-state index contributed by atoms with van der Waals surface area (Å²) < 4.78 is 28.0. The standard InChI is InChI=1S/C16H16ClN5O2S/c1-2-25(23,24)21-13-4-3-5-14(19-13)22-12(10-6-7-10)8-11-9-18-16(17)20-15(11)22/h3-5,8-10H,2,6-7H2,1H3,(H,19,21). The maximum Gasteiger partial charge on any atom is 0.233 e. The molecule has 0 aromatic carbocycles. The highest BCUT2D eigenvalue weighted by Gasteiger charge is 2.29. The summed E-state index contributed by atoms with van der Waals surface area (Å²) in [6.45, 7) is 1.58. The molecule has 1 fully saturated rings. The molecule has 1 aliphatic carbocycles. The van der Waals surface area contributed by atoms with Gasteiger partial charge in [-0.25, -0.2) is 18.4 Å². The predicted octanol–water partition coefficient (Wildman–Crippen LogP) is 3.11. The number of pyridine rings is 1. The Morgan fingerprint density at radius 1 is 1.32 bits per heavy atom. The first-order valence-corrected chi connectivity index (χ1v) is 10.0. The number of aromatic nitrogens is 4. The van der Waals surface area contributed by atoms with E-state index in [0.29, 0.717) is 17.4 Å². The SMILES string of the molecule is CCS(=O)(=O)Nc1cccc(-n2c(C3CC3)cc3cnc(Cl)nc32)n1. The second-order valence-corrected chi connectivity index (χ2v) is 8.33. The van der Waals surface area contributed by atoms with Crippen LogP contribution in [0.15, 0.2) is 30.5 Å². The minimum atomic E-state index is -3.39. The second-order valence-electron chi connectivity index (χ2n) is 5.98. The van der Waals surface area contributed by atoms with Gasteiger partial charge in [0.25, 0.3) is 0 Å². The van der Waals surface area contributed by atoms with Crippen LogP contribution in [-0.4, -0.2) is 33.7 Å². The molecule has 3 aromatic heterocycles. The lowest BCUT2D eigenvalue weighted by Gasteiger charge is -2.11. The quantitative estimate of drug-likeness (QED) is 0.690. The number of hydrogen-bond donors (Lipinski definition) is 1. The maximum absolute atomic E-state index is 11.8. The molecule has 3 heterocycles. The van der Waals surface area contributed by atoms with Crippen molar-refractivity contribution in [3.05, 3.63) is 41.4 Å². The van der Waals surface area contributed by atoms with E-state index in [1.807, 2.05) is 16.7 Å². The van der Waals surface area contributed by atoms with Gasteiger partial charge in [-0.2, -0.15) is 4.98 Å². The Balaban J connectivity index is 1.87. The van der Waals surface area contributed by atoms with Crippen molar-refractivity contribution in [2.75, 3.05) is 10.5 Å². The second kappa shape index (κ2) is 5.96. The molecule has 0 bridgehead atoms. The largest absolute Gasteiger partial charge is 0.282 e. The predicted molar refractivity (Wildman–Crippen MR) is 96.7 cm³/mol. The Morgan fingerprint density at radius 2 is 2.12 bits per heavy atom. The highest BCUT2D eigenvalue weighted by Crippen LogP contribution is 2.43. The number of hydrogen-bond acceptors (Lipinski definition) is 5. The number of fused-ring (bicyclic) bond motifs is 1.